The van der Waals surface area contributed by atoms with E-state index < -0.39 is 27.8 Å². The molecule has 0 N–H and O–H groups in total. The molecule has 0 unspecified atom stereocenters. The summed E-state index contributed by atoms with van der Waals surface area (Å²) in [5.74, 6) is -1.90. The van der Waals surface area contributed by atoms with Crippen LogP contribution in [0.25, 0.3) is 11.3 Å². The molecule has 0 saturated carbocycles. The van der Waals surface area contributed by atoms with Crippen molar-refractivity contribution in [1.82, 2.24) is 0 Å². The van der Waals surface area contributed by atoms with Gasteiger partial charge in [-0.3, -0.25) is 10.1 Å². The number of rotatable bonds is 2. The Morgan fingerprint density at radius 3 is 2.59 bits per heavy atom. The van der Waals surface area contributed by atoms with E-state index in [1.807, 2.05) is 0 Å². The van der Waals surface area contributed by atoms with Gasteiger partial charge >= 0.3 is 5.69 Å². The number of hydrogen-bond acceptors (Lipinski definition) is 3. The van der Waals surface area contributed by atoms with Crippen molar-refractivity contribution in [2.45, 2.75) is 6.92 Å². The van der Waals surface area contributed by atoms with E-state index in [0.29, 0.717) is 0 Å². The predicted molar refractivity (Wildman–Crippen MR) is 55.5 cm³/mol. The van der Waals surface area contributed by atoms with Crippen LogP contribution in [0.4, 0.5) is 14.5 Å². The highest BCUT2D eigenvalue weighted by atomic mass is 19.1. The van der Waals surface area contributed by atoms with Crippen molar-refractivity contribution < 1.29 is 18.1 Å². The third-order valence-electron chi connectivity index (χ3n) is 2.38. The number of hydrogen-bond donors (Lipinski definition) is 0. The number of halogens is 2. The third-order valence-corrected chi connectivity index (χ3v) is 2.38. The summed E-state index contributed by atoms with van der Waals surface area (Å²) in [7, 11) is 0. The largest absolute Gasteiger partial charge is 0.464 e. The van der Waals surface area contributed by atoms with Crippen molar-refractivity contribution in [3.8, 4) is 11.3 Å². The molecule has 0 amide bonds. The Bertz CT molecular complexity index is 579. The molecule has 0 saturated heterocycles. The Labute approximate surface area is 94.6 Å². The Kier molecular flexibility index (Phi) is 2.63. The fourth-order valence-electron chi connectivity index (χ4n) is 1.50. The predicted octanol–water partition coefficient (Wildman–Crippen LogP) is 3.44. The Hall–Kier alpha value is -2.24. The highest BCUT2D eigenvalue weighted by molar-refractivity contribution is 5.64. The van der Waals surface area contributed by atoms with Gasteiger partial charge in [0, 0.05) is 11.6 Å². The molecule has 0 bridgehead atoms. The summed E-state index contributed by atoms with van der Waals surface area (Å²) >= 11 is 0. The van der Waals surface area contributed by atoms with E-state index in [0.717, 1.165) is 13.0 Å². The monoisotopic (exact) mass is 239 g/mol. The highest BCUT2D eigenvalue weighted by Crippen LogP contribution is 2.32. The fourth-order valence-corrected chi connectivity index (χ4v) is 1.50. The molecule has 0 radical (unpaired) electrons. The molecule has 6 heteroatoms. The molecule has 88 valence electrons. The number of nitrogens with zero attached hydrogens (tertiary/aromatic N) is 1. The van der Waals surface area contributed by atoms with Crippen LogP contribution in [0.15, 0.2) is 28.9 Å². The maximum absolute atomic E-state index is 13.7. The van der Waals surface area contributed by atoms with E-state index in [9.17, 15) is 18.9 Å². The van der Waals surface area contributed by atoms with Crippen molar-refractivity contribution in [2.75, 3.05) is 0 Å². The second kappa shape index (κ2) is 3.97. The van der Waals surface area contributed by atoms with E-state index in [-0.39, 0.29) is 11.3 Å². The molecule has 1 aromatic heterocycles. The number of nitro benzene ring substituents is 1. The molecule has 17 heavy (non-hydrogen) atoms. The molecule has 0 aliphatic rings. The van der Waals surface area contributed by atoms with Gasteiger partial charge in [-0.15, -0.1) is 0 Å². The Balaban J connectivity index is 2.73. The van der Waals surface area contributed by atoms with E-state index >= 15 is 0 Å². The van der Waals surface area contributed by atoms with Crippen molar-refractivity contribution in [3.05, 3.63) is 51.8 Å². The molecular weight excluding hydrogens is 232 g/mol. The van der Waals surface area contributed by atoms with Gasteiger partial charge in [-0.05, 0) is 19.1 Å². The summed E-state index contributed by atoms with van der Waals surface area (Å²) < 4.78 is 32.1. The zero-order chi connectivity index (χ0) is 12.6. The van der Waals surface area contributed by atoms with Gasteiger partial charge in [0.25, 0.3) is 0 Å². The van der Waals surface area contributed by atoms with Crippen LogP contribution in [0.1, 0.15) is 5.56 Å². The van der Waals surface area contributed by atoms with Crippen LogP contribution in [-0.4, -0.2) is 4.92 Å². The third kappa shape index (κ3) is 1.77. The van der Waals surface area contributed by atoms with Gasteiger partial charge in [-0.25, -0.2) is 4.39 Å². The minimum Gasteiger partial charge on any atom is -0.464 e. The quantitative estimate of drug-likeness (QED) is 0.595. The average Bonchev–Trinajstić information content (AvgIpc) is 2.79. The number of benzene rings is 1. The second-order valence-corrected chi connectivity index (χ2v) is 3.43. The van der Waals surface area contributed by atoms with E-state index in [1.165, 1.54) is 18.4 Å². The van der Waals surface area contributed by atoms with Crippen LogP contribution in [-0.2, 0) is 0 Å². The summed E-state index contributed by atoms with van der Waals surface area (Å²) in [5.41, 5.74) is -1.29. The summed E-state index contributed by atoms with van der Waals surface area (Å²) in [6.45, 7) is 1.14. The van der Waals surface area contributed by atoms with Gasteiger partial charge < -0.3 is 4.42 Å². The maximum atomic E-state index is 13.7. The normalized spacial score (nSPS) is 10.5. The maximum Gasteiger partial charge on any atom is 0.306 e. The van der Waals surface area contributed by atoms with Crippen molar-refractivity contribution in [1.29, 1.82) is 0 Å². The van der Waals surface area contributed by atoms with Gasteiger partial charge in [0.2, 0.25) is 5.82 Å². The molecule has 1 aromatic carbocycles. The molecule has 1 heterocycles. The second-order valence-electron chi connectivity index (χ2n) is 3.43. The number of furan rings is 1. The number of nitro groups is 1. The summed E-state index contributed by atoms with van der Waals surface area (Å²) in [4.78, 5) is 9.72. The molecule has 4 nitrogen and oxygen atoms in total. The lowest BCUT2D eigenvalue weighted by molar-refractivity contribution is -0.387. The van der Waals surface area contributed by atoms with Gasteiger partial charge in [0.15, 0.2) is 0 Å². The first-order valence-corrected chi connectivity index (χ1v) is 4.69. The lowest BCUT2D eigenvalue weighted by atomic mass is 10.1. The highest BCUT2D eigenvalue weighted by Gasteiger charge is 2.24. The van der Waals surface area contributed by atoms with Crippen LogP contribution in [0.5, 0.6) is 0 Å². The van der Waals surface area contributed by atoms with Crippen LogP contribution >= 0.6 is 0 Å². The molecule has 2 rings (SSSR count). The van der Waals surface area contributed by atoms with Gasteiger partial charge in [0.1, 0.15) is 11.6 Å². The van der Waals surface area contributed by atoms with Gasteiger partial charge in [0.05, 0.1) is 16.7 Å². The van der Waals surface area contributed by atoms with Crippen LogP contribution in [0.3, 0.4) is 0 Å². The average molecular weight is 239 g/mol. The smallest absolute Gasteiger partial charge is 0.306 e. The molecule has 0 aliphatic heterocycles. The van der Waals surface area contributed by atoms with E-state index in [4.69, 9.17) is 4.42 Å². The van der Waals surface area contributed by atoms with E-state index in [2.05, 4.69) is 0 Å². The minimum atomic E-state index is -1.16. The lowest BCUT2D eigenvalue weighted by Crippen LogP contribution is -1.99. The fraction of sp³-hybridized carbons (Fsp3) is 0.0909. The molecule has 2 aromatic rings. The molecule has 0 atom stereocenters. The van der Waals surface area contributed by atoms with Crippen LogP contribution in [0, 0.1) is 28.7 Å². The summed E-state index contributed by atoms with van der Waals surface area (Å²) in [6.07, 6.45) is 1.30. The first-order chi connectivity index (χ1) is 8.02. The summed E-state index contributed by atoms with van der Waals surface area (Å²) in [5, 5.41) is 10.6. The SMILES string of the molecule is Cc1c(F)c(-c2ccco2)cc([N+](=O)[O-])c1F. The molecular formula is C11H7F2NO3. The van der Waals surface area contributed by atoms with Gasteiger partial charge in [-0.2, -0.15) is 4.39 Å². The summed E-state index contributed by atoms with van der Waals surface area (Å²) in [6, 6.07) is 3.79. The van der Waals surface area contributed by atoms with E-state index in [1.54, 1.807) is 0 Å². The standard InChI is InChI=1S/C11H7F2NO3/c1-6-10(12)7(9-3-2-4-17-9)5-8(11(6)13)14(15)16/h2-5H,1H3. The van der Waals surface area contributed by atoms with Crippen LogP contribution < -0.4 is 0 Å². The van der Waals surface area contributed by atoms with Crippen molar-refractivity contribution in [2.24, 2.45) is 0 Å². The zero-order valence-corrected chi connectivity index (χ0v) is 8.74. The zero-order valence-electron chi connectivity index (χ0n) is 8.74. The molecule has 0 aliphatic carbocycles. The Morgan fingerprint density at radius 1 is 1.35 bits per heavy atom. The molecule has 0 fully saturated rings. The van der Waals surface area contributed by atoms with Crippen LogP contribution in [0.2, 0.25) is 0 Å². The first-order valence-electron chi connectivity index (χ1n) is 4.69. The Morgan fingerprint density at radius 2 is 2.06 bits per heavy atom. The topological polar surface area (TPSA) is 56.3 Å². The van der Waals surface area contributed by atoms with Crippen molar-refractivity contribution in [3.63, 3.8) is 0 Å². The van der Waals surface area contributed by atoms with Gasteiger partial charge in [-0.1, -0.05) is 0 Å². The van der Waals surface area contributed by atoms with Crippen molar-refractivity contribution >= 4 is 5.69 Å². The lowest BCUT2D eigenvalue weighted by Gasteiger charge is -2.05. The minimum absolute atomic E-state index is 0.119. The molecule has 0 spiro atoms. The first kappa shape index (κ1) is 11.3.